The zero-order chi connectivity index (χ0) is 16.0. The van der Waals surface area contributed by atoms with E-state index in [1.165, 1.54) is 6.07 Å². The third-order valence-corrected chi connectivity index (χ3v) is 2.92. The third kappa shape index (κ3) is 5.51. The van der Waals surface area contributed by atoms with Crippen molar-refractivity contribution >= 4 is 11.9 Å². The van der Waals surface area contributed by atoms with Crippen LogP contribution in [-0.2, 0) is 4.79 Å². The molecule has 0 bridgehead atoms. The number of hydrogen-bond acceptors (Lipinski definition) is 3. The monoisotopic (exact) mass is 295 g/mol. The molecular formula is C15H22FN3O2. The number of rotatable bonds is 5. The molecule has 3 amide bonds. The van der Waals surface area contributed by atoms with Crippen molar-refractivity contribution in [1.29, 1.82) is 0 Å². The highest BCUT2D eigenvalue weighted by Crippen LogP contribution is 2.16. The maximum Gasteiger partial charge on any atom is 0.321 e. The van der Waals surface area contributed by atoms with Gasteiger partial charge < -0.3 is 5.32 Å². The quantitative estimate of drug-likeness (QED) is 0.779. The van der Waals surface area contributed by atoms with Crippen molar-refractivity contribution in [3.63, 3.8) is 0 Å². The van der Waals surface area contributed by atoms with E-state index < -0.39 is 18.0 Å². The molecule has 0 heterocycles. The van der Waals surface area contributed by atoms with Gasteiger partial charge in [-0.15, -0.1) is 0 Å². The average Bonchev–Trinajstić information content (AvgIpc) is 2.37. The van der Waals surface area contributed by atoms with Crippen LogP contribution >= 0.6 is 0 Å². The molecule has 0 aliphatic heterocycles. The lowest BCUT2D eigenvalue weighted by Crippen LogP contribution is -2.49. The van der Waals surface area contributed by atoms with Gasteiger partial charge in [0, 0.05) is 17.6 Å². The first-order valence-corrected chi connectivity index (χ1v) is 6.93. The standard InChI is InChI=1S/C15H22FN3O2/c1-9(2)17-15(21)19-14(20)11(4)18-10(3)12-7-5-6-8-13(12)16/h5-11,18H,1-4H3,(H2,17,19,20,21)/t10-,11-/m1/s1. The summed E-state index contributed by atoms with van der Waals surface area (Å²) in [6.45, 7) is 6.98. The smallest absolute Gasteiger partial charge is 0.321 e. The first-order valence-electron chi connectivity index (χ1n) is 6.93. The average molecular weight is 295 g/mol. The van der Waals surface area contributed by atoms with E-state index >= 15 is 0 Å². The van der Waals surface area contributed by atoms with E-state index in [1.54, 1.807) is 45.9 Å². The Balaban J connectivity index is 2.56. The molecule has 0 saturated heterocycles. The van der Waals surface area contributed by atoms with Crippen LogP contribution in [0.1, 0.15) is 39.3 Å². The predicted octanol–water partition coefficient (Wildman–Crippen LogP) is 2.10. The Bertz CT molecular complexity index is 505. The zero-order valence-corrected chi connectivity index (χ0v) is 12.7. The van der Waals surface area contributed by atoms with E-state index in [2.05, 4.69) is 16.0 Å². The maximum atomic E-state index is 13.6. The highest BCUT2D eigenvalue weighted by atomic mass is 19.1. The van der Waals surface area contributed by atoms with Gasteiger partial charge >= 0.3 is 6.03 Å². The summed E-state index contributed by atoms with van der Waals surface area (Å²) in [5.41, 5.74) is 0.476. The first-order chi connectivity index (χ1) is 9.81. The summed E-state index contributed by atoms with van der Waals surface area (Å²) in [5.74, 6) is -0.793. The number of carbonyl (C=O) groups excluding carboxylic acids is 2. The van der Waals surface area contributed by atoms with Crippen LogP contribution in [0, 0.1) is 5.82 Å². The molecule has 21 heavy (non-hydrogen) atoms. The van der Waals surface area contributed by atoms with Crippen LogP contribution in [0.15, 0.2) is 24.3 Å². The van der Waals surface area contributed by atoms with Crippen molar-refractivity contribution in [2.24, 2.45) is 0 Å². The summed E-state index contributed by atoms with van der Waals surface area (Å²) >= 11 is 0. The van der Waals surface area contributed by atoms with Crippen molar-refractivity contribution in [2.45, 2.75) is 45.8 Å². The van der Waals surface area contributed by atoms with Crippen molar-refractivity contribution in [1.82, 2.24) is 16.0 Å². The number of amides is 3. The molecule has 116 valence electrons. The Morgan fingerprint density at radius 2 is 1.71 bits per heavy atom. The molecule has 0 fully saturated rings. The fourth-order valence-electron chi connectivity index (χ4n) is 1.89. The van der Waals surface area contributed by atoms with Gasteiger partial charge in [0.05, 0.1) is 6.04 Å². The molecule has 1 aromatic rings. The van der Waals surface area contributed by atoms with E-state index in [0.29, 0.717) is 5.56 Å². The summed E-state index contributed by atoms with van der Waals surface area (Å²) in [7, 11) is 0. The van der Waals surface area contributed by atoms with Crippen molar-refractivity contribution in [2.75, 3.05) is 0 Å². The second kappa shape index (κ2) is 7.73. The normalized spacial score (nSPS) is 13.6. The van der Waals surface area contributed by atoms with Gasteiger partial charge in [-0.05, 0) is 33.8 Å². The molecule has 0 saturated carbocycles. The topological polar surface area (TPSA) is 70.2 Å². The van der Waals surface area contributed by atoms with Crippen LogP contribution in [0.4, 0.5) is 9.18 Å². The van der Waals surface area contributed by atoms with Crippen LogP contribution in [0.2, 0.25) is 0 Å². The minimum Gasteiger partial charge on any atom is -0.336 e. The van der Waals surface area contributed by atoms with Gasteiger partial charge in [0.1, 0.15) is 5.82 Å². The van der Waals surface area contributed by atoms with Crippen molar-refractivity contribution in [3.8, 4) is 0 Å². The van der Waals surface area contributed by atoms with Crippen LogP contribution in [0.5, 0.6) is 0 Å². The number of halogens is 1. The summed E-state index contributed by atoms with van der Waals surface area (Å²) in [6.07, 6.45) is 0. The Morgan fingerprint density at radius 1 is 1.10 bits per heavy atom. The Labute approximate surface area is 124 Å². The fourth-order valence-corrected chi connectivity index (χ4v) is 1.89. The maximum absolute atomic E-state index is 13.6. The Morgan fingerprint density at radius 3 is 2.29 bits per heavy atom. The molecule has 6 heteroatoms. The summed E-state index contributed by atoms with van der Waals surface area (Å²) < 4.78 is 13.6. The molecule has 5 nitrogen and oxygen atoms in total. The third-order valence-electron chi connectivity index (χ3n) is 2.92. The van der Waals surface area contributed by atoms with E-state index in [9.17, 15) is 14.0 Å². The number of imide groups is 1. The largest absolute Gasteiger partial charge is 0.336 e. The highest BCUT2D eigenvalue weighted by molar-refractivity contribution is 5.96. The Hall–Kier alpha value is -1.95. The molecular weight excluding hydrogens is 273 g/mol. The lowest BCUT2D eigenvalue weighted by Gasteiger charge is -2.20. The van der Waals surface area contributed by atoms with Gasteiger partial charge in [-0.2, -0.15) is 0 Å². The molecule has 2 atom stereocenters. The number of hydrogen-bond donors (Lipinski definition) is 3. The van der Waals surface area contributed by atoms with Gasteiger partial charge in [0.25, 0.3) is 0 Å². The molecule has 0 aliphatic carbocycles. The van der Waals surface area contributed by atoms with Gasteiger partial charge in [-0.1, -0.05) is 18.2 Å². The van der Waals surface area contributed by atoms with E-state index in [-0.39, 0.29) is 17.9 Å². The summed E-state index contributed by atoms with van der Waals surface area (Å²) in [6, 6.07) is 4.80. The lowest BCUT2D eigenvalue weighted by atomic mass is 10.1. The number of benzene rings is 1. The SMILES string of the molecule is CC(C)NC(=O)NC(=O)[C@@H](C)N[C@H](C)c1ccccc1F. The molecule has 0 aliphatic rings. The zero-order valence-electron chi connectivity index (χ0n) is 12.7. The Kier molecular flexibility index (Phi) is 6.30. The van der Waals surface area contributed by atoms with Crippen LogP contribution in [0.25, 0.3) is 0 Å². The van der Waals surface area contributed by atoms with Gasteiger partial charge in [0.15, 0.2) is 0 Å². The van der Waals surface area contributed by atoms with Crippen LogP contribution in [0.3, 0.4) is 0 Å². The minimum atomic E-state index is -0.627. The highest BCUT2D eigenvalue weighted by Gasteiger charge is 2.19. The molecule has 0 spiro atoms. The minimum absolute atomic E-state index is 0.0570. The molecule has 0 radical (unpaired) electrons. The number of carbonyl (C=O) groups is 2. The summed E-state index contributed by atoms with van der Waals surface area (Å²) in [4.78, 5) is 23.3. The molecule has 0 unspecified atom stereocenters. The lowest BCUT2D eigenvalue weighted by molar-refractivity contribution is -0.121. The second-order valence-electron chi connectivity index (χ2n) is 5.25. The molecule has 1 aromatic carbocycles. The van der Waals surface area contributed by atoms with Gasteiger partial charge in [-0.25, -0.2) is 9.18 Å². The van der Waals surface area contributed by atoms with Gasteiger partial charge in [-0.3, -0.25) is 15.4 Å². The van der Waals surface area contributed by atoms with Crippen molar-refractivity contribution < 1.29 is 14.0 Å². The van der Waals surface area contributed by atoms with Crippen molar-refractivity contribution in [3.05, 3.63) is 35.6 Å². The first kappa shape index (κ1) is 17.1. The van der Waals surface area contributed by atoms with Crippen LogP contribution < -0.4 is 16.0 Å². The van der Waals surface area contributed by atoms with E-state index in [0.717, 1.165) is 0 Å². The van der Waals surface area contributed by atoms with Crippen LogP contribution in [-0.4, -0.2) is 24.0 Å². The predicted molar refractivity (Wildman–Crippen MR) is 79.2 cm³/mol. The molecule has 0 aromatic heterocycles. The summed E-state index contributed by atoms with van der Waals surface area (Å²) in [5, 5.41) is 7.76. The number of nitrogens with one attached hydrogen (secondary N) is 3. The fraction of sp³-hybridized carbons (Fsp3) is 0.467. The molecule has 3 N–H and O–H groups in total. The second-order valence-corrected chi connectivity index (χ2v) is 5.25. The number of urea groups is 1. The van der Waals surface area contributed by atoms with E-state index in [1.807, 2.05) is 0 Å². The van der Waals surface area contributed by atoms with E-state index in [4.69, 9.17) is 0 Å². The van der Waals surface area contributed by atoms with Gasteiger partial charge in [0.2, 0.25) is 5.91 Å². The molecule has 1 rings (SSSR count).